The lowest BCUT2D eigenvalue weighted by Gasteiger charge is -2.24. The SMILES string of the molecule is Cl.O=C1CCc2cc(C(=O)N3CCNCc4ccccc43)ccc2N1. The van der Waals surface area contributed by atoms with Gasteiger partial charge in [0.15, 0.2) is 0 Å². The predicted octanol–water partition coefficient (Wildman–Crippen LogP) is 2.74. The normalized spacial score (nSPS) is 16.0. The second-order valence-electron chi connectivity index (χ2n) is 6.18. The summed E-state index contributed by atoms with van der Waals surface area (Å²) in [5, 5.41) is 6.21. The maximum absolute atomic E-state index is 13.1. The topological polar surface area (TPSA) is 61.4 Å². The van der Waals surface area contributed by atoms with Crippen LogP contribution in [0.15, 0.2) is 42.5 Å². The van der Waals surface area contributed by atoms with Gasteiger partial charge < -0.3 is 15.5 Å². The zero-order valence-electron chi connectivity index (χ0n) is 13.7. The van der Waals surface area contributed by atoms with Crippen LogP contribution in [0.1, 0.15) is 27.9 Å². The van der Waals surface area contributed by atoms with E-state index in [4.69, 9.17) is 0 Å². The zero-order valence-corrected chi connectivity index (χ0v) is 14.6. The molecule has 5 nitrogen and oxygen atoms in total. The van der Waals surface area contributed by atoms with Crippen molar-refractivity contribution in [2.45, 2.75) is 19.4 Å². The number of halogens is 1. The van der Waals surface area contributed by atoms with E-state index >= 15 is 0 Å². The van der Waals surface area contributed by atoms with Crippen molar-refractivity contribution in [1.82, 2.24) is 5.32 Å². The molecule has 0 aliphatic carbocycles. The van der Waals surface area contributed by atoms with Crippen LogP contribution in [-0.2, 0) is 17.8 Å². The molecular formula is C19H20ClN3O2. The lowest BCUT2D eigenvalue weighted by atomic mass is 9.99. The Kier molecular flexibility index (Phi) is 5.06. The quantitative estimate of drug-likeness (QED) is 0.825. The van der Waals surface area contributed by atoms with Crippen molar-refractivity contribution in [3.63, 3.8) is 0 Å². The Morgan fingerprint density at radius 3 is 2.76 bits per heavy atom. The molecule has 6 heteroatoms. The Bertz CT molecular complexity index is 822. The van der Waals surface area contributed by atoms with Crippen LogP contribution in [0.3, 0.4) is 0 Å². The van der Waals surface area contributed by atoms with E-state index < -0.39 is 0 Å². The molecule has 0 bridgehead atoms. The molecule has 2 N–H and O–H groups in total. The molecule has 2 aliphatic heterocycles. The highest BCUT2D eigenvalue weighted by atomic mass is 35.5. The number of hydrogen-bond acceptors (Lipinski definition) is 3. The summed E-state index contributed by atoms with van der Waals surface area (Å²) in [6.07, 6.45) is 1.15. The summed E-state index contributed by atoms with van der Waals surface area (Å²) in [7, 11) is 0. The van der Waals surface area contributed by atoms with E-state index in [1.54, 1.807) is 6.07 Å². The predicted molar refractivity (Wildman–Crippen MR) is 100 cm³/mol. The zero-order chi connectivity index (χ0) is 16.5. The lowest BCUT2D eigenvalue weighted by molar-refractivity contribution is -0.116. The van der Waals surface area contributed by atoms with Gasteiger partial charge in [0.25, 0.3) is 5.91 Å². The van der Waals surface area contributed by atoms with Gasteiger partial charge in [0.1, 0.15) is 0 Å². The lowest BCUT2D eigenvalue weighted by Crippen LogP contribution is -2.35. The van der Waals surface area contributed by atoms with Gasteiger partial charge in [0.05, 0.1) is 0 Å². The number of carbonyl (C=O) groups is 2. The highest BCUT2D eigenvalue weighted by Crippen LogP contribution is 2.27. The van der Waals surface area contributed by atoms with E-state index in [1.807, 2.05) is 35.2 Å². The summed E-state index contributed by atoms with van der Waals surface area (Å²) < 4.78 is 0. The van der Waals surface area contributed by atoms with Gasteiger partial charge in [-0.1, -0.05) is 18.2 Å². The Morgan fingerprint density at radius 2 is 1.88 bits per heavy atom. The fourth-order valence-corrected chi connectivity index (χ4v) is 3.34. The summed E-state index contributed by atoms with van der Waals surface area (Å²) in [4.78, 5) is 26.4. The van der Waals surface area contributed by atoms with Crippen LogP contribution in [0.5, 0.6) is 0 Å². The van der Waals surface area contributed by atoms with Gasteiger partial charge in [-0.25, -0.2) is 0 Å². The molecule has 4 rings (SSSR count). The van der Waals surface area contributed by atoms with Crippen molar-refractivity contribution >= 4 is 35.6 Å². The van der Waals surface area contributed by atoms with E-state index in [0.29, 0.717) is 24.9 Å². The Labute approximate surface area is 152 Å². The van der Waals surface area contributed by atoms with Crippen LogP contribution in [0.25, 0.3) is 0 Å². The number of rotatable bonds is 1. The van der Waals surface area contributed by atoms with Crippen molar-refractivity contribution < 1.29 is 9.59 Å². The summed E-state index contributed by atoms with van der Waals surface area (Å²) >= 11 is 0. The van der Waals surface area contributed by atoms with Crippen molar-refractivity contribution in [2.75, 3.05) is 23.3 Å². The van der Waals surface area contributed by atoms with Crippen LogP contribution in [0, 0.1) is 0 Å². The minimum Gasteiger partial charge on any atom is -0.326 e. The minimum absolute atomic E-state index is 0. The Hall–Kier alpha value is -2.37. The average Bonchev–Trinajstić information content (AvgIpc) is 2.83. The third kappa shape index (κ3) is 3.38. The fourth-order valence-electron chi connectivity index (χ4n) is 3.34. The Balaban J connectivity index is 0.00000182. The Morgan fingerprint density at radius 1 is 1.04 bits per heavy atom. The van der Waals surface area contributed by atoms with Gasteiger partial charge >= 0.3 is 0 Å². The number of benzene rings is 2. The van der Waals surface area contributed by atoms with Crippen molar-refractivity contribution in [3.8, 4) is 0 Å². The molecule has 130 valence electrons. The molecule has 0 saturated carbocycles. The highest BCUT2D eigenvalue weighted by molar-refractivity contribution is 6.07. The van der Waals surface area contributed by atoms with Gasteiger partial charge in [-0.3, -0.25) is 9.59 Å². The minimum atomic E-state index is 0. The number of carbonyl (C=O) groups excluding carboxylic acids is 2. The van der Waals surface area contributed by atoms with E-state index in [-0.39, 0.29) is 24.2 Å². The monoisotopic (exact) mass is 357 g/mol. The molecule has 0 radical (unpaired) electrons. The van der Waals surface area contributed by atoms with Crippen molar-refractivity contribution in [2.24, 2.45) is 0 Å². The smallest absolute Gasteiger partial charge is 0.258 e. The third-order valence-corrected chi connectivity index (χ3v) is 4.60. The molecule has 0 aromatic heterocycles. The molecule has 0 saturated heterocycles. The van der Waals surface area contributed by atoms with Gasteiger partial charge in [-0.2, -0.15) is 0 Å². The highest BCUT2D eigenvalue weighted by Gasteiger charge is 2.23. The average molecular weight is 358 g/mol. The molecule has 2 aromatic carbocycles. The largest absolute Gasteiger partial charge is 0.326 e. The number of anilines is 2. The second-order valence-corrected chi connectivity index (χ2v) is 6.18. The number of nitrogens with zero attached hydrogens (tertiary/aromatic N) is 1. The van der Waals surface area contributed by atoms with Crippen molar-refractivity contribution in [1.29, 1.82) is 0 Å². The molecule has 0 atom stereocenters. The molecule has 2 aromatic rings. The fraction of sp³-hybridized carbons (Fsp3) is 0.263. The number of para-hydroxylation sites is 1. The number of amides is 2. The first-order valence-electron chi connectivity index (χ1n) is 8.25. The summed E-state index contributed by atoms with van der Waals surface area (Å²) in [5.41, 5.74) is 4.62. The van der Waals surface area contributed by atoms with Gasteiger partial charge in [0, 0.05) is 43.0 Å². The number of aryl methyl sites for hydroxylation is 1. The van der Waals surface area contributed by atoms with Crippen LogP contribution in [-0.4, -0.2) is 24.9 Å². The molecule has 2 aliphatic rings. The van der Waals surface area contributed by atoms with Crippen LogP contribution >= 0.6 is 12.4 Å². The molecule has 2 amide bonds. The first-order valence-corrected chi connectivity index (χ1v) is 8.25. The number of hydrogen-bond donors (Lipinski definition) is 2. The summed E-state index contributed by atoms with van der Waals surface area (Å²) in [6.45, 7) is 2.18. The van der Waals surface area contributed by atoms with Gasteiger partial charge in [0.2, 0.25) is 5.91 Å². The van der Waals surface area contributed by atoms with E-state index in [0.717, 1.165) is 35.6 Å². The molecule has 0 spiro atoms. The second kappa shape index (κ2) is 7.25. The third-order valence-electron chi connectivity index (χ3n) is 4.60. The standard InChI is InChI=1S/C19H19N3O2.ClH/c23-18-8-6-13-11-14(5-7-16(13)21-18)19(24)22-10-9-20-12-15-3-1-2-4-17(15)22;/h1-5,7,11,20H,6,8-10,12H2,(H,21,23);1H. The number of nitrogens with one attached hydrogen (secondary N) is 2. The van der Waals surface area contributed by atoms with Gasteiger partial charge in [-0.05, 0) is 41.8 Å². The molecular weight excluding hydrogens is 338 g/mol. The number of fused-ring (bicyclic) bond motifs is 2. The van der Waals surface area contributed by atoms with Crippen molar-refractivity contribution in [3.05, 3.63) is 59.2 Å². The van der Waals surface area contributed by atoms with E-state index in [9.17, 15) is 9.59 Å². The maximum Gasteiger partial charge on any atom is 0.258 e. The summed E-state index contributed by atoms with van der Waals surface area (Å²) in [6, 6.07) is 13.6. The van der Waals surface area contributed by atoms with E-state index in [2.05, 4.69) is 16.7 Å². The maximum atomic E-state index is 13.1. The first kappa shape index (κ1) is 17.5. The molecule has 0 unspecified atom stereocenters. The van der Waals surface area contributed by atoms with Crippen LogP contribution < -0.4 is 15.5 Å². The molecule has 0 fully saturated rings. The van der Waals surface area contributed by atoms with Crippen LogP contribution in [0.2, 0.25) is 0 Å². The van der Waals surface area contributed by atoms with Crippen LogP contribution in [0.4, 0.5) is 11.4 Å². The molecule has 2 heterocycles. The van der Waals surface area contributed by atoms with Gasteiger partial charge in [-0.15, -0.1) is 12.4 Å². The van der Waals surface area contributed by atoms with E-state index in [1.165, 1.54) is 0 Å². The molecule has 25 heavy (non-hydrogen) atoms. The first-order chi connectivity index (χ1) is 11.7. The summed E-state index contributed by atoms with van der Waals surface area (Å²) in [5.74, 6) is 0.0416.